The summed E-state index contributed by atoms with van der Waals surface area (Å²) in [6.45, 7) is 0.493. The summed E-state index contributed by atoms with van der Waals surface area (Å²) in [5, 5.41) is 1.39. The molecule has 1 aliphatic rings. The van der Waals surface area contributed by atoms with Crippen molar-refractivity contribution in [1.82, 2.24) is 0 Å². The highest BCUT2D eigenvalue weighted by Gasteiger charge is 2.31. The summed E-state index contributed by atoms with van der Waals surface area (Å²) in [6.07, 6.45) is 0.855. The lowest BCUT2D eigenvalue weighted by Gasteiger charge is -2.25. The van der Waals surface area contributed by atoms with E-state index in [0.717, 1.165) is 17.4 Å². The average molecular weight is 368 g/mol. The maximum absolute atomic E-state index is 11.8. The van der Waals surface area contributed by atoms with E-state index in [4.69, 9.17) is 9.47 Å². The second kappa shape index (κ2) is 5.51. The Bertz CT molecular complexity index is 656. The Morgan fingerprint density at radius 1 is 1.63 bits per heavy atom. The third-order valence-corrected chi connectivity index (χ3v) is 5.73. The Hall–Kier alpha value is -1.06. The van der Waals surface area contributed by atoms with Gasteiger partial charge in [-0.2, -0.15) is 8.42 Å². The molecule has 1 unspecified atom stereocenters. The minimum atomic E-state index is -4.27. The number of hydrogen-bond donors (Lipinski definition) is 0. The van der Waals surface area contributed by atoms with Gasteiger partial charge >= 0.3 is 5.97 Å². The molecule has 2 heterocycles. The van der Waals surface area contributed by atoms with E-state index in [1.54, 1.807) is 0 Å². The Balaban J connectivity index is 2.36. The van der Waals surface area contributed by atoms with Gasteiger partial charge in [0.15, 0.2) is 0 Å². The van der Waals surface area contributed by atoms with Crippen LogP contribution in [0.2, 0.25) is 0 Å². The monoisotopic (exact) mass is 367 g/mol. The predicted octanol–water partition coefficient (Wildman–Crippen LogP) is 1.44. The van der Waals surface area contributed by atoms with Crippen LogP contribution in [-0.2, 0) is 24.3 Å². The number of hydrogen-bond acceptors (Lipinski definition) is 7. The van der Waals surface area contributed by atoms with Gasteiger partial charge in [-0.3, -0.25) is 0 Å². The normalized spacial score (nSPS) is 18.3. The second-order valence-corrected chi connectivity index (χ2v) is 6.67. The van der Waals surface area contributed by atoms with E-state index < -0.39 is 27.2 Å². The molecule has 0 spiro atoms. The van der Waals surface area contributed by atoms with Crippen LogP contribution in [0.15, 0.2) is 19.1 Å². The average Bonchev–Trinajstić information content (AvgIpc) is 2.66. The van der Waals surface area contributed by atoms with Gasteiger partial charge < -0.3 is 9.47 Å². The molecule has 1 aromatic rings. The topological polar surface area (TPSA) is 99.1 Å². The number of sulfonamides is 1. The Morgan fingerprint density at radius 3 is 2.84 bits per heavy atom. The fourth-order valence-electron chi connectivity index (χ4n) is 1.28. The van der Waals surface area contributed by atoms with Gasteiger partial charge in [-0.1, -0.05) is 4.40 Å². The minimum absolute atomic E-state index is 0.137. The molecule has 0 N–H and O–H groups in total. The molecule has 0 amide bonds. The molecular formula is C9H6BrNO6S2. The first-order chi connectivity index (χ1) is 8.95. The fourth-order valence-corrected chi connectivity index (χ4v) is 4.55. The van der Waals surface area contributed by atoms with Crippen LogP contribution in [-0.4, -0.2) is 33.4 Å². The molecule has 10 heteroatoms. The van der Waals surface area contributed by atoms with Gasteiger partial charge in [-0.05, 0) is 15.9 Å². The largest absolute Gasteiger partial charge is 0.431 e. The SMILES string of the molecule is O=C=NS(=O)(=O)c1c(Br)csc1C(=O)OC1CCO1. The molecule has 1 aliphatic heterocycles. The van der Waals surface area contributed by atoms with Crippen molar-refractivity contribution in [3.63, 3.8) is 0 Å². The standard InChI is InChI=1S/C9H6BrNO6S2/c10-5-3-18-7(8(5)19(14,15)11-4-12)9(13)17-6-1-2-16-6/h3,6H,1-2H2. The van der Waals surface area contributed by atoms with Gasteiger partial charge in [0, 0.05) is 16.3 Å². The molecule has 1 atom stereocenters. The Morgan fingerprint density at radius 2 is 2.32 bits per heavy atom. The number of nitrogens with zero attached hydrogens (tertiary/aromatic N) is 1. The Kier molecular flexibility index (Phi) is 4.16. The Labute approximate surface area is 120 Å². The molecule has 2 rings (SSSR count). The molecule has 1 aromatic heterocycles. The van der Waals surface area contributed by atoms with Crippen LogP contribution in [0.5, 0.6) is 0 Å². The van der Waals surface area contributed by atoms with Crippen LogP contribution in [0.3, 0.4) is 0 Å². The van der Waals surface area contributed by atoms with Crippen molar-refractivity contribution >= 4 is 49.3 Å². The van der Waals surface area contributed by atoms with Crippen molar-refractivity contribution in [3.05, 3.63) is 14.7 Å². The molecule has 0 aromatic carbocycles. The second-order valence-electron chi connectivity index (χ2n) is 3.39. The van der Waals surface area contributed by atoms with E-state index in [0.29, 0.717) is 13.0 Å². The van der Waals surface area contributed by atoms with E-state index >= 15 is 0 Å². The lowest BCUT2D eigenvalue weighted by Crippen LogP contribution is -2.32. The van der Waals surface area contributed by atoms with E-state index in [-0.39, 0.29) is 9.35 Å². The van der Waals surface area contributed by atoms with Crippen LogP contribution >= 0.6 is 27.3 Å². The summed E-state index contributed by atoms with van der Waals surface area (Å²) < 4.78 is 36.1. The summed E-state index contributed by atoms with van der Waals surface area (Å²) in [6, 6.07) is 0. The molecule has 0 radical (unpaired) electrons. The highest BCUT2D eigenvalue weighted by molar-refractivity contribution is 9.10. The zero-order valence-corrected chi connectivity index (χ0v) is 12.4. The van der Waals surface area contributed by atoms with E-state index in [1.165, 1.54) is 5.38 Å². The number of carbonyl (C=O) groups excluding carboxylic acids is 2. The number of esters is 1. The highest BCUT2D eigenvalue weighted by Crippen LogP contribution is 2.34. The smallest absolute Gasteiger partial charge is 0.352 e. The van der Waals surface area contributed by atoms with Gasteiger partial charge in [-0.15, -0.1) is 11.3 Å². The third-order valence-electron chi connectivity index (χ3n) is 2.20. The summed E-state index contributed by atoms with van der Waals surface area (Å²) in [7, 11) is -4.27. The number of thiophene rings is 1. The lowest BCUT2D eigenvalue weighted by atomic mass is 10.3. The molecule has 102 valence electrons. The zero-order chi connectivity index (χ0) is 14.0. The minimum Gasteiger partial charge on any atom is -0.431 e. The van der Waals surface area contributed by atoms with Crippen molar-refractivity contribution in [2.75, 3.05) is 6.61 Å². The van der Waals surface area contributed by atoms with Crippen molar-refractivity contribution in [2.45, 2.75) is 17.6 Å². The number of rotatable bonds is 4. The molecule has 0 aliphatic carbocycles. The van der Waals surface area contributed by atoms with Crippen LogP contribution in [0, 0.1) is 0 Å². The molecule has 0 bridgehead atoms. The van der Waals surface area contributed by atoms with Crippen molar-refractivity contribution in [3.8, 4) is 0 Å². The highest BCUT2D eigenvalue weighted by atomic mass is 79.9. The van der Waals surface area contributed by atoms with Gasteiger partial charge in [0.2, 0.25) is 6.29 Å². The summed E-state index contributed by atoms with van der Waals surface area (Å²) in [5.74, 6) is -0.833. The molecule has 0 saturated carbocycles. The quantitative estimate of drug-likeness (QED) is 0.453. The van der Waals surface area contributed by atoms with Gasteiger partial charge in [0.1, 0.15) is 9.77 Å². The van der Waals surface area contributed by atoms with Crippen LogP contribution in [0.4, 0.5) is 0 Å². The number of carbonyl (C=O) groups is 1. The van der Waals surface area contributed by atoms with Crippen LogP contribution < -0.4 is 0 Å². The van der Waals surface area contributed by atoms with Gasteiger partial charge in [-0.25, -0.2) is 9.59 Å². The molecule has 19 heavy (non-hydrogen) atoms. The lowest BCUT2D eigenvalue weighted by molar-refractivity contribution is -0.184. The van der Waals surface area contributed by atoms with Crippen molar-refractivity contribution in [1.29, 1.82) is 0 Å². The van der Waals surface area contributed by atoms with Crippen molar-refractivity contribution < 1.29 is 27.5 Å². The number of isocyanates is 1. The number of ether oxygens (including phenoxy) is 2. The van der Waals surface area contributed by atoms with Crippen LogP contribution in [0.25, 0.3) is 0 Å². The first-order valence-corrected chi connectivity index (χ1v) is 8.00. The number of halogens is 1. The van der Waals surface area contributed by atoms with Gasteiger partial charge in [0.05, 0.1) is 6.61 Å². The van der Waals surface area contributed by atoms with Gasteiger partial charge in [0.25, 0.3) is 16.1 Å². The summed E-state index contributed by atoms with van der Waals surface area (Å²) in [4.78, 5) is 21.4. The molecule has 1 saturated heterocycles. The fraction of sp³-hybridized carbons (Fsp3) is 0.333. The third kappa shape index (κ3) is 2.93. The van der Waals surface area contributed by atoms with Crippen LogP contribution in [0.1, 0.15) is 16.1 Å². The van der Waals surface area contributed by atoms with E-state index in [9.17, 15) is 18.0 Å². The first-order valence-electron chi connectivity index (χ1n) is 4.89. The van der Waals surface area contributed by atoms with Crippen molar-refractivity contribution in [2.24, 2.45) is 4.40 Å². The van der Waals surface area contributed by atoms with E-state index in [1.807, 2.05) is 0 Å². The first kappa shape index (κ1) is 14.4. The predicted molar refractivity (Wildman–Crippen MR) is 67.1 cm³/mol. The molecular weight excluding hydrogens is 362 g/mol. The maximum atomic E-state index is 11.8. The summed E-state index contributed by atoms with van der Waals surface area (Å²) in [5.41, 5.74) is 0. The van der Waals surface area contributed by atoms with E-state index in [2.05, 4.69) is 20.3 Å². The maximum Gasteiger partial charge on any atom is 0.352 e. The molecule has 7 nitrogen and oxygen atoms in total. The zero-order valence-electron chi connectivity index (χ0n) is 9.16. The molecule has 1 fully saturated rings. The summed E-state index contributed by atoms with van der Waals surface area (Å²) >= 11 is 3.86.